The first kappa shape index (κ1) is 16.6. The number of aromatic nitrogens is 2. The van der Waals surface area contributed by atoms with Gasteiger partial charge < -0.3 is 4.90 Å². The Labute approximate surface area is 143 Å². The molecule has 0 atom stereocenters. The third-order valence-corrected chi connectivity index (χ3v) is 4.51. The highest BCUT2D eigenvalue weighted by molar-refractivity contribution is 5.69. The van der Waals surface area contributed by atoms with E-state index in [2.05, 4.69) is 39.0 Å². The Morgan fingerprint density at radius 3 is 2.67 bits per heavy atom. The first-order valence-electron chi connectivity index (χ1n) is 8.38. The quantitative estimate of drug-likeness (QED) is 0.869. The van der Waals surface area contributed by atoms with E-state index in [1.807, 2.05) is 19.1 Å². The lowest BCUT2D eigenvalue weighted by atomic mass is 10.00. The zero-order valence-corrected chi connectivity index (χ0v) is 14.4. The van der Waals surface area contributed by atoms with Crippen LogP contribution < -0.4 is 0 Å². The van der Waals surface area contributed by atoms with Gasteiger partial charge in [-0.15, -0.1) is 0 Å². The predicted octanol–water partition coefficient (Wildman–Crippen LogP) is 2.46. The number of aryl methyl sites for hydroxylation is 1. The summed E-state index contributed by atoms with van der Waals surface area (Å²) in [6, 6.07) is 8.46. The highest BCUT2D eigenvalue weighted by atomic mass is 15.2. The summed E-state index contributed by atoms with van der Waals surface area (Å²) < 4.78 is 0. The molecule has 1 aromatic heterocycles. The van der Waals surface area contributed by atoms with E-state index in [1.54, 1.807) is 12.4 Å². The Hall–Kier alpha value is -2.29. The minimum absolute atomic E-state index is 0.687. The lowest BCUT2D eigenvalue weighted by Gasteiger charge is -2.20. The van der Waals surface area contributed by atoms with E-state index in [-0.39, 0.29) is 0 Å². The Kier molecular flexibility index (Phi) is 5.19. The number of hydrogen-bond acceptors (Lipinski definition) is 5. The summed E-state index contributed by atoms with van der Waals surface area (Å²) in [5.41, 5.74) is 3.66. The molecule has 0 N–H and O–H groups in total. The van der Waals surface area contributed by atoms with E-state index in [0.717, 1.165) is 49.7 Å². The van der Waals surface area contributed by atoms with E-state index in [1.165, 1.54) is 12.0 Å². The maximum Gasteiger partial charge on any atom is 0.125 e. The van der Waals surface area contributed by atoms with Crippen molar-refractivity contribution >= 4 is 0 Å². The lowest BCUT2D eigenvalue weighted by molar-refractivity contribution is 0.269. The molecule has 24 heavy (non-hydrogen) atoms. The van der Waals surface area contributed by atoms with Crippen LogP contribution in [0.2, 0.25) is 0 Å². The summed E-state index contributed by atoms with van der Waals surface area (Å²) in [7, 11) is 2.18. The van der Waals surface area contributed by atoms with Crippen LogP contribution in [0, 0.1) is 18.3 Å². The first-order chi connectivity index (χ1) is 11.7. The highest BCUT2D eigenvalue weighted by Crippen LogP contribution is 2.24. The molecule has 0 bridgehead atoms. The van der Waals surface area contributed by atoms with Gasteiger partial charge in [0.05, 0.1) is 11.6 Å². The standard InChI is InChI=1S/C19H23N5/c1-15-21-12-18(13-22-15)19-5-4-16(10-17(19)11-20)14-24-7-3-6-23(2)8-9-24/h4-5,10,12-13H,3,6-9,14H2,1-2H3. The van der Waals surface area contributed by atoms with Gasteiger partial charge in [-0.05, 0) is 45.1 Å². The molecule has 0 radical (unpaired) electrons. The molecule has 0 aliphatic carbocycles. The second kappa shape index (κ2) is 7.52. The molecular formula is C19H23N5. The summed E-state index contributed by atoms with van der Waals surface area (Å²) in [6.45, 7) is 7.20. The molecule has 3 rings (SSSR count). The van der Waals surface area contributed by atoms with E-state index < -0.39 is 0 Å². The van der Waals surface area contributed by atoms with Crippen LogP contribution in [0.4, 0.5) is 0 Å². The fraction of sp³-hybridized carbons (Fsp3) is 0.421. The maximum absolute atomic E-state index is 9.53. The smallest absolute Gasteiger partial charge is 0.125 e. The van der Waals surface area contributed by atoms with Crippen molar-refractivity contribution in [2.45, 2.75) is 19.9 Å². The van der Waals surface area contributed by atoms with Gasteiger partial charge >= 0.3 is 0 Å². The molecule has 2 aromatic rings. The van der Waals surface area contributed by atoms with Crippen LogP contribution in [0.3, 0.4) is 0 Å². The van der Waals surface area contributed by atoms with Crippen molar-refractivity contribution in [3.05, 3.63) is 47.5 Å². The van der Waals surface area contributed by atoms with Crippen LogP contribution in [-0.4, -0.2) is 53.0 Å². The molecule has 1 fully saturated rings. The van der Waals surface area contributed by atoms with E-state index in [4.69, 9.17) is 0 Å². The number of hydrogen-bond donors (Lipinski definition) is 0. The van der Waals surface area contributed by atoms with Gasteiger partial charge in [-0.25, -0.2) is 9.97 Å². The summed E-state index contributed by atoms with van der Waals surface area (Å²) in [6.07, 6.45) is 4.76. The van der Waals surface area contributed by atoms with Crippen molar-refractivity contribution < 1.29 is 0 Å². The Morgan fingerprint density at radius 2 is 1.92 bits per heavy atom. The molecule has 1 saturated heterocycles. The topological polar surface area (TPSA) is 56.1 Å². The average Bonchev–Trinajstić information content (AvgIpc) is 2.80. The second-order valence-corrected chi connectivity index (χ2v) is 6.44. The largest absolute Gasteiger partial charge is 0.305 e. The van der Waals surface area contributed by atoms with Gasteiger partial charge in [0, 0.05) is 43.2 Å². The zero-order valence-electron chi connectivity index (χ0n) is 14.4. The maximum atomic E-state index is 9.53. The SMILES string of the molecule is Cc1ncc(-c2ccc(CN3CCCN(C)CC3)cc2C#N)cn1. The minimum atomic E-state index is 0.687. The fourth-order valence-electron chi connectivity index (χ4n) is 3.08. The lowest BCUT2D eigenvalue weighted by Crippen LogP contribution is -2.28. The van der Waals surface area contributed by atoms with Crippen LogP contribution in [0.25, 0.3) is 11.1 Å². The van der Waals surface area contributed by atoms with Crippen LogP contribution in [-0.2, 0) is 6.54 Å². The van der Waals surface area contributed by atoms with Gasteiger partial charge in [-0.2, -0.15) is 5.26 Å². The number of nitriles is 1. The molecule has 0 unspecified atom stereocenters. The first-order valence-corrected chi connectivity index (χ1v) is 8.38. The molecule has 5 nitrogen and oxygen atoms in total. The molecule has 0 amide bonds. The molecular weight excluding hydrogens is 298 g/mol. The average molecular weight is 321 g/mol. The van der Waals surface area contributed by atoms with E-state index >= 15 is 0 Å². The Morgan fingerprint density at radius 1 is 1.12 bits per heavy atom. The van der Waals surface area contributed by atoms with Crippen molar-refractivity contribution in [1.82, 2.24) is 19.8 Å². The van der Waals surface area contributed by atoms with Crippen LogP contribution in [0.5, 0.6) is 0 Å². The molecule has 0 saturated carbocycles. The van der Waals surface area contributed by atoms with E-state index in [9.17, 15) is 5.26 Å². The molecule has 1 aliphatic rings. The Balaban J connectivity index is 1.79. The van der Waals surface area contributed by atoms with Crippen LogP contribution in [0.15, 0.2) is 30.6 Å². The minimum Gasteiger partial charge on any atom is -0.305 e. The fourth-order valence-corrected chi connectivity index (χ4v) is 3.08. The number of likely N-dealkylation sites (N-methyl/N-ethyl adjacent to an activating group) is 1. The number of nitrogens with zero attached hydrogens (tertiary/aromatic N) is 5. The normalized spacial score (nSPS) is 16.5. The summed E-state index contributed by atoms with van der Waals surface area (Å²) in [5.74, 6) is 0.736. The van der Waals surface area contributed by atoms with Gasteiger partial charge in [0.1, 0.15) is 5.82 Å². The number of benzene rings is 1. The van der Waals surface area contributed by atoms with Gasteiger partial charge in [-0.3, -0.25) is 4.90 Å². The summed E-state index contributed by atoms with van der Waals surface area (Å²) in [4.78, 5) is 13.3. The molecule has 0 spiro atoms. The van der Waals surface area contributed by atoms with Crippen molar-refractivity contribution in [2.24, 2.45) is 0 Å². The molecule has 2 heterocycles. The third kappa shape index (κ3) is 3.97. The van der Waals surface area contributed by atoms with Gasteiger partial charge in [0.25, 0.3) is 0 Å². The van der Waals surface area contributed by atoms with Crippen molar-refractivity contribution in [1.29, 1.82) is 5.26 Å². The van der Waals surface area contributed by atoms with Crippen molar-refractivity contribution in [3.8, 4) is 17.2 Å². The monoisotopic (exact) mass is 321 g/mol. The van der Waals surface area contributed by atoms with Crippen molar-refractivity contribution in [3.63, 3.8) is 0 Å². The van der Waals surface area contributed by atoms with Crippen molar-refractivity contribution in [2.75, 3.05) is 33.2 Å². The second-order valence-electron chi connectivity index (χ2n) is 6.44. The summed E-state index contributed by atoms with van der Waals surface area (Å²) in [5, 5.41) is 9.53. The molecule has 1 aromatic carbocycles. The highest BCUT2D eigenvalue weighted by Gasteiger charge is 2.13. The molecule has 124 valence electrons. The Bertz CT molecular complexity index is 732. The van der Waals surface area contributed by atoms with Gasteiger partial charge in [0.15, 0.2) is 0 Å². The van der Waals surface area contributed by atoms with Gasteiger partial charge in [-0.1, -0.05) is 12.1 Å². The van der Waals surface area contributed by atoms with Gasteiger partial charge in [0.2, 0.25) is 0 Å². The summed E-state index contributed by atoms with van der Waals surface area (Å²) >= 11 is 0. The van der Waals surface area contributed by atoms with Crippen LogP contribution >= 0.6 is 0 Å². The van der Waals surface area contributed by atoms with Crippen LogP contribution in [0.1, 0.15) is 23.4 Å². The molecule has 5 heteroatoms. The number of rotatable bonds is 3. The third-order valence-electron chi connectivity index (χ3n) is 4.51. The zero-order chi connectivity index (χ0) is 16.9. The molecule has 1 aliphatic heterocycles. The predicted molar refractivity (Wildman–Crippen MR) is 94.3 cm³/mol. The van der Waals surface area contributed by atoms with E-state index in [0.29, 0.717) is 5.56 Å².